The molecule has 0 saturated heterocycles. The summed E-state index contributed by atoms with van der Waals surface area (Å²) in [4.78, 5) is 15.9. The number of aromatic nitrogens is 1. The Labute approximate surface area is 120 Å². The van der Waals surface area contributed by atoms with Crippen molar-refractivity contribution in [1.29, 1.82) is 0 Å². The summed E-state index contributed by atoms with van der Waals surface area (Å²) in [5.74, 6) is 1.27. The smallest absolute Gasteiger partial charge is 0.315 e. The van der Waals surface area contributed by atoms with E-state index < -0.39 is 0 Å². The van der Waals surface area contributed by atoms with Crippen molar-refractivity contribution in [1.82, 2.24) is 15.6 Å². The largest absolute Gasteiger partial charge is 0.475 e. The van der Waals surface area contributed by atoms with E-state index >= 15 is 0 Å². The summed E-state index contributed by atoms with van der Waals surface area (Å²) >= 11 is 0. The van der Waals surface area contributed by atoms with Crippen molar-refractivity contribution < 1.29 is 9.53 Å². The third-order valence-electron chi connectivity index (χ3n) is 3.29. The van der Waals surface area contributed by atoms with E-state index in [-0.39, 0.29) is 18.2 Å². The molecule has 1 aliphatic carbocycles. The van der Waals surface area contributed by atoms with Crippen LogP contribution >= 0.6 is 0 Å². The Balaban J connectivity index is 1.74. The number of ether oxygens (including phenoxy) is 1. The maximum absolute atomic E-state index is 11.7. The van der Waals surface area contributed by atoms with Gasteiger partial charge in [0.25, 0.3) is 0 Å². The number of hydrogen-bond donors (Lipinski definition) is 2. The third-order valence-corrected chi connectivity index (χ3v) is 3.29. The molecule has 20 heavy (non-hydrogen) atoms. The maximum atomic E-state index is 11.7. The van der Waals surface area contributed by atoms with Gasteiger partial charge in [0, 0.05) is 24.8 Å². The Morgan fingerprint density at radius 1 is 1.40 bits per heavy atom. The first-order valence-electron chi connectivity index (χ1n) is 7.20. The predicted octanol–water partition coefficient (Wildman–Crippen LogP) is 2.47. The van der Waals surface area contributed by atoms with Gasteiger partial charge in [-0.3, -0.25) is 0 Å². The lowest BCUT2D eigenvalue weighted by molar-refractivity contribution is 0.232. The SMILES string of the molecule is CC(C)Oc1ccc(CNC(=O)NC(C)C2CC2)cn1. The number of urea groups is 1. The summed E-state index contributed by atoms with van der Waals surface area (Å²) in [7, 11) is 0. The minimum Gasteiger partial charge on any atom is -0.475 e. The molecule has 5 heteroatoms. The van der Waals surface area contributed by atoms with Crippen LogP contribution in [-0.2, 0) is 6.54 Å². The molecule has 1 atom stereocenters. The fourth-order valence-electron chi connectivity index (χ4n) is 1.98. The molecule has 0 bridgehead atoms. The lowest BCUT2D eigenvalue weighted by Crippen LogP contribution is -2.41. The molecule has 0 radical (unpaired) electrons. The van der Waals surface area contributed by atoms with Crippen LogP contribution in [0.25, 0.3) is 0 Å². The van der Waals surface area contributed by atoms with Gasteiger partial charge in [0.1, 0.15) is 0 Å². The van der Waals surface area contributed by atoms with Gasteiger partial charge in [-0.2, -0.15) is 0 Å². The maximum Gasteiger partial charge on any atom is 0.315 e. The van der Waals surface area contributed by atoms with Crippen LogP contribution in [0, 0.1) is 5.92 Å². The van der Waals surface area contributed by atoms with E-state index in [4.69, 9.17) is 4.74 Å². The molecule has 0 aliphatic heterocycles. The van der Waals surface area contributed by atoms with Crippen molar-refractivity contribution in [3.05, 3.63) is 23.9 Å². The van der Waals surface area contributed by atoms with Crippen molar-refractivity contribution in [3.63, 3.8) is 0 Å². The Kier molecular flexibility index (Phi) is 4.82. The summed E-state index contributed by atoms with van der Waals surface area (Å²) in [6, 6.07) is 3.87. The van der Waals surface area contributed by atoms with Crippen LogP contribution in [0.4, 0.5) is 4.79 Å². The van der Waals surface area contributed by atoms with Crippen molar-refractivity contribution in [3.8, 4) is 5.88 Å². The van der Waals surface area contributed by atoms with Crippen LogP contribution in [-0.4, -0.2) is 23.2 Å². The topological polar surface area (TPSA) is 63.2 Å². The number of nitrogens with one attached hydrogen (secondary N) is 2. The first kappa shape index (κ1) is 14.6. The van der Waals surface area contributed by atoms with Gasteiger partial charge in [0.05, 0.1) is 6.10 Å². The zero-order chi connectivity index (χ0) is 14.5. The van der Waals surface area contributed by atoms with Gasteiger partial charge in [-0.25, -0.2) is 9.78 Å². The van der Waals surface area contributed by atoms with E-state index in [0.717, 1.165) is 5.56 Å². The Morgan fingerprint density at radius 3 is 2.70 bits per heavy atom. The average molecular weight is 277 g/mol. The molecule has 0 aromatic carbocycles. The van der Waals surface area contributed by atoms with Crippen molar-refractivity contribution in [2.24, 2.45) is 5.92 Å². The van der Waals surface area contributed by atoms with Gasteiger partial charge in [-0.1, -0.05) is 6.07 Å². The number of pyridine rings is 1. The van der Waals surface area contributed by atoms with Crippen molar-refractivity contribution in [2.75, 3.05) is 0 Å². The molecule has 0 spiro atoms. The number of carbonyl (C=O) groups excluding carboxylic acids is 1. The Morgan fingerprint density at radius 2 is 2.15 bits per heavy atom. The highest BCUT2D eigenvalue weighted by atomic mass is 16.5. The molecule has 2 amide bonds. The van der Waals surface area contributed by atoms with Gasteiger partial charge >= 0.3 is 6.03 Å². The number of rotatable bonds is 6. The van der Waals surface area contributed by atoms with Crippen LogP contribution in [0.1, 0.15) is 39.2 Å². The van der Waals surface area contributed by atoms with E-state index in [1.807, 2.05) is 26.0 Å². The average Bonchev–Trinajstić information content (AvgIpc) is 3.21. The van der Waals surface area contributed by atoms with E-state index in [1.54, 1.807) is 6.20 Å². The quantitative estimate of drug-likeness (QED) is 0.839. The molecular weight excluding hydrogens is 254 g/mol. The fraction of sp³-hybridized carbons (Fsp3) is 0.600. The van der Waals surface area contributed by atoms with Gasteiger partial charge in [0.15, 0.2) is 0 Å². The highest BCUT2D eigenvalue weighted by Crippen LogP contribution is 2.32. The molecule has 1 aliphatic rings. The lowest BCUT2D eigenvalue weighted by Gasteiger charge is -2.14. The Hall–Kier alpha value is -1.78. The minimum atomic E-state index is -0.119. The number of amides is 2. The zero-order valence-electron chi connectivity index (χ0n) is 12.3. The molecular formula is C15H23N3O2. The monoisotopic (exact) mass is 277 g/mol. The molecule has 2 N–H and O–H groups in total. The molecule has 1 unspecified atom stereocenters. The third kappa shape index (κ3) is 4.72. The molecule has 1 fully saturated rings. The van der Waals surface area contributed by atoms with Crippen molar-refractivity contribution in [2.45, 2.75) is 52.3 Å². The molecule has 1 aromatic heterocycles. The second-order valence-electron chi connectivity index (χ2n) is 5.62. The number of hydrogen-bond acceptors (Lipinski definition) is 3. The van der Waals surface area contributed by atoms with E-state index in [1.165, 1.54) is 12.8 Å². The van der Waals surface area contributed by atoms with Gasteiger partial charge in [-0.15, -0.1) is 0 Å². The normalized spacial score (nSPS) is 15.8. The molecule has 1 saturated carbocycles. The zero-order valence-corrected chi connectivity index (χ0v) is 12.3. The molecule has 1 heterocycles. The predicted molar refractivity (Wildman–Crippen MR) is 77.6 cm³/mol. The summed E-state index contributed by atoms with van der Waals surface area (Å²) < 4.78 is 5.47. The minimum absolute atomic E-state index is 0.112. The fourth-order valence-corrected chi connectivity index (χ4v) is 1.98. The first-order valence-corrected chi connectivity index (χ1v) is 7.20. The second-order valence-corrected chi connectivity index (χ2v) is 5.62. The summed E-state index contributed by atoms with van der Waals surface area (Å²) in [6.07, 6.45) is 4.29. The van der Waals surface area contributed by atoms with Crippen LogP contribution in [0.2, 0.25) is 0 Å². The number of nitrogens with zero attached hydrogens (tertiary/aromatic N) is 1. The van der Waals surface area contributed by atoms with Gasteiger partial charge in [0.2, 0.25) is 5.88 Å². The van der Waals surface area contributed by atoms with Crippen LogP contribution in [0.3, 0.4) is 0 Å². The van der Waals surface area contributed by atoms with Crippen LogP contribution < -0.4 is 15.4 Å². The Bertz CT molecular complexity index is 441. The molecule has 2 rings (SSSR count). The molecule has 5 nitrogen and oxygen atoms in total. The summed E-state index contributed by atoms with van der Waals surface area (Å²) in [5, 5.41) is 5.80. The van der Waals surface area contributed by atoms with Crippen molar-refractivity contribution >= 4 is 6.03 Å². The van der Waals surface area contributed by atoms with E-state index in [2.05, 4.69) is 22.5 Å². The standard InChI is InChI=1S/C15H23N3O2/c1-10(2)20-14-7-4-12(8-16-14)9-17-15(19)18-11(3)13-5-6-13/h4,7-8,10-11,13H,5-6,9H2,1-3H3,(H2,17,18,19). The molecule has 110 valence electrons. The van der Waals surface area contributed by atoms with E-state index in [9.17, 15) is 4.79 Å². The summed E-state index contributed by atoms with van der Waals surface area (Å²) in [5.41, 5.74) is 0.954. The van der Waals surface area contributed by atoms with Crippen LogP contribution in [0.15, 0.2) is 18.3 Å². The highest BCUT2D eigenvalue weighted by molar-refractivity contribution is 5.74. The highest BCUT2D eigenvalue weighted by Gasteiger charge is 2.28. The van der Waals surface area contributed by atoms with Gasteiger partial charge in [-0.05, 0) is 45.1 Å². The summed E-state index contributed by atoms with van der Waals surface area (Å²) in [6.45, 7) is 6.44. The van der Waals surface area contributed by atoms with Gasteiger partial charge < -0.3 is 15.4 Å². The number of carbonyl (C=O) groups is 1. The molecule has 1 aromatic rings. The lowest BCUT2D eigenvalue weighted by atomic mass is 10.2. The first-order chi connectivity index (χ1) is 9.54. The van der Waals surface area contributed by atoms with Crippen LogP contribution in [0.5, 0.6) is 5.88 Å². The van der Waals surface area contributed by atoms with E-state index in [0.29, 0.717) is 18.3 Å². The second kappa shape index (κ2) is 6.59.